The summed E-state index contributed by atoms with van der Waals surface area (Å²) >= 11 is 1.70. The molecule has 1 aliphatic heterocycles. The van der Waals surface area contributed by atoms with Gasteiger partial charge in [-0.05, 0) is 24.1 Å². The van der Waals surface area contributed by atoms with Crippen molar-refractivity contribution in [3.05, 3.63) is 30.3 Å². The zero-order chi connectivity index (χ0) is 16.7. The highest BCUT2D eigenvalue weighted by Crippen LogP contribution is 2.49. The molecule has 3 nitrogen and oxygen atoms in total. The average molecular weight is 338 g/mol. The summed E-state index contributed by atoms with van der Waals surface area (Å²) in [5.74, 6) is -0.172. The van der Waals surface area contributed by atoms with Gasteiger partial charge in [0.2, 0.25) is 5.91 Å². The summed E-state index contributed by atoms with van der Waals surface area (Å²) in [5, 5.41) is 10.2. The lowest BCUT2D eigenvalue weighted by Crippen LogP contribution is -2.73. The van der Waals surface area contributed by atoms with Crippen LogP contribution in [0.5, 0.6) is 0 Å². The van der Waals surface area contributed by atoms with Crippen molar-refractivity contribution in [1.29, 1.82) is 0 Å². The Morgan fingerprint density at radius 2 is 1.77 bits per heavy atom. The van der Waals surface area contributed by atoms with Gasteiger partial charge in [-0.2, -0.15) is 0 Å². The van der Waals surface area contributed by atoms with Crippen molar-refractivity contribution in [1.82, 2.24) is 4.57 Å². The molecule has 1 saturated heterocycles. The third-order valence-corrected chi connectivity index (χ3v) is 11.9. The van der Waals surface area contributed by atoms with Crippen LogP contribution in [0.3, 0.4) is 0 Å². The molecule has 5 heteroatoms. The standard InChI is InChI=1S/C17H27NO2SSi/c1-12(19)14-15(20)18(22(5,6)17(2,3)4)16(14)21-13-10-8-7-9-11-13/h7-12,14,16,19H,1-6H3. The first-order valence-electron chi connectivity index (χ1n) is 7.80. The minimum atomic E-state index is -1.94. The summed E-state index contributed by atoms with van der Waals surface area (Å²) in [4.78, 5) is 13.8. The van der Waals surface area contributed by atoms with Gasteiger partial charge >= 0.3 is 0 Å². The van der Waals surface area contributed by atoms with Crippen LogP contribution < -0.4 is 0 Å². The van der Waals surface area contributed by atoms with E-state index in [1.54, 1.807) is 18.7 Å². The van der Waals surface area contributed by atoms with Gasteiger partial charge in [-0.3, -0.25) is 4.79 Å². The van der Waals surface area contributed by atoms with Gasteiger partial charge in [0.25, 0.3) is 0 Å². The van der Waals surface area contributed by atoms with Crippen molar-refractivity contribution in [2.75, 3.05) is 0 Å². The molecule has 0 spiro atoms. The van der Waals surface area contributed by atoms with Crippen LogP contribution in [0, 0.1) is 5.92 Å². The van der Waals surface area contributed by atoms with Crippen molar-refractivity contribution in [3.8, 4) is 0 Å². The maximum absolute atomic E-state index is 12.7. The molecule has 1 heterocycles. The van der Waals surface area contributed by atoms with Crippen LogP contribution in [0.2, 0.25) is 18.1 Å². The van der Waals surface area contributed by atoms with Gasteiger partial charge in [0.15, 0.2) is 8.24 Å². The number of thioether (sulfide) groups is 1. The van der Waals surface area contributed by atoms with Crippen LogP contribution >= 0.6 is 11.8 Å². The number of amides is 1. The van der Waals surface area contributed by atoms with Gasteiger partial charge in [-0.15, -0.1) is 11.8 Å². The number of benzene rings is 1. The second-order valence-corrected chi connectivity index (χ2v) is 13.9. The zero-order valence-electron chi connectivity index (χ0n) is 14.3. The predicted octanol–water partition coefficient (Wildman–Crippen LogP) is 3.95. The van der Waals surface area contributed by atoms with E-state index in [9.17, 15) is 9.90 Å². The van der Waals surface area contributed by atoms with Crippen LogP contribution in [-0.4, -0.2) is 35.3 Å². The third-order valence-electron chi connectivity index (χ3n) is 5.04. The summed E-state index contributed by atoms with van der Waals surface area (Å²) < 4.78 is 2.10. The SMILES string of the molecule is CC(O)C1C(=O)N([Si](C)(C)C(C)(C)C)C1Sc1ccccc1. The van der Waals surface area contributed by atoms with E-state index in [0.29, 0.717) is 0 Å². The first-order valence-corrected chi connectivity index (χ1v) is 11.6. The lowest BCUT2D eigenvalue weighted by atomic mass is 9.96. The lowest BCUT2D eigenvalue weighted by molar-refractivity contribution is -0.149. The van der Waals surface area contributed by atoms with E-state index in [0.717, 1.165) is 4.90 Å². The molecule has 22 heavy (non-hydrogen) atoms. The number of β-lactam (4-membered cyclic amide) rings is 1. The Morgan fingerprint density at radius 1 is 1.23 bits per heavy atom. The van der Waals surface area contributed by atoms with Crippen molar-refractivity contribution >= 4 is 25.9 Å². The number of aliphatic hydroxyl groups excluding tert-OH is 1. The Bertz CT molecular complexity index is 539. The Kier molecular flexibility index (Phi) is 4.81. The number of hydrogen-bond acceptors (Lipinski definition) is 3. The van der Waals surface area contributed by atoms with Crippen molar-refractivity contribution in [3.63, 3.8) is 0 Å². The molecule has 1 aromatic rings. The van der Waals surface area contributed by atoms with E-state index in [1.165, 1.54) is 0 Å². The van der Waals surface area contributed by atoms with Gasteiger partial charge in [-0.1, -0.05) is 52.1 Å². The molecule has 3 unspecified atom stereocenters. The molecule has 1 fully saturated rings. The number of rotatable bonds is 4. The Morgan fingerprint density at radius 3 is 2.23 bits per heavy atom. The van der Waals surface area contributed by atoms with Crippen molar-refractivity contribution < 1.29 is 9.90 Å². The van der Waals surface area contributed by atoms with Crippen LogP contribution in [0.1, 0.15) is 27.7 Å². The summed E-state index contributed by atoms with van der Waals surface area (Å²) in [6.07, 6.45) is -0.602. The molecular weight excluding hydrogens is 310 g/mol. The molecule has 0 bridgehead atoms. The van der Waals surface area contributed by atoms with E-state index < -0.39 is 14.3 Å². The largest absolute Gasteiger partial charge is 0.392 e. The number of hydrogen-bond donors (Lipinski definition) is 1. The molecular formula is C17H27NO2SSi. The van der Waals surface area contributed by atoms with E-state index in [-0.39, 0.29) is 22.2 Å². The molecule has 0 saturated carbocycles. The minimum absolute atomic E-state index is 0.0378. The number of carbonyl (C=O) groups excluding carboxylic acids is 1. The Balaban J connectivity index is 2.31. The molecule has 1 N–H and O–H groups in total. The monoisotopic (exact) mass is 337 g/mol. The minimum Gasteiger partial charge on any atom is -0.392 e. The highest BCUT2D eigenvalue weighted by atomic mass is 32.2. The summed E-state index contributed by atoms with van der Waals surface area (Å²) in [7, 11) is -1.94. The molecule has 0 aliphatic carbocycles. The number of aliphatic hydroxyl groups is 1. The highest BCUT2D eigenvalue weighted by molar-refractivity contribution is 8.00. The maximum atomic E-state index is 12.7. The van der Waals surface area contributed by atoms with Gasteiger partial charge < -0.3 is 9.67 Å². The Labute approximate surface area is 139 Å². The van der Waals surface area contributed by atoms with Crippen LogP contribution in [0.15, 0.2) is 35.2 Å². The van der Waals surface area contributed by atoms with Crippen LogP contribution in [0.4, 0.5) is 0 Å². The van der Waals surface area contributed by atoms with Crippen molar-refractivity contribution in [2.24, 2.45) is 5.92 Å². The fraction of sp³-hybridized carbons (Fsp3) is 0.588. The first-order chi connectivity index (χ1) is 10.1. The van der Waals surface area contributed by atoms with E-state index in [4.69, 9.17) is 0 Å². The van der Waals surface area contributed by atoms with E-state index in [2.05, 4.69) is 50.6 Å². The molecule has 122 valence electrons. The van der Waals surface area contributed by atoms with Crippen LogP contribution in [-0.2, 0) is 4.79 Å². The molecule has 1 aromatic carbocycles. The zero-order valence-corrected chi connectivity index (χ0v) is 16.1. The average Bonchev–Trinajstić information content (AvgIpc) is 2.37. The van der Waals surface area contributed by atoms with E-state index >= 15 is 0 Å². The summed E-state index contributed by atoms with van der Waals surface area (Å²) in [6, 6.07) is 10.1. The molecule has 0 radical (unpaired) electrons. The van der Waals surface area contributed by atoms with E-state index in [1.807, 2.05) is 18.2 Å². The predicted molar refractivity (Wildman–Crippen MR) is 95.3 cm³/mol. The van der Waals surface area contributed by atoms with Crippen molar-refractivity contribution in [2.45, 2.75) is 62.2 Å². The quantitative estimate of drug-likeness (QED) is 0.668. The normalized spacial score (nSPS) is 24.1. The number of nitrogens with zero attached hydrogens (tertiary/aromatic N) is 1. The second kappa shape index (κ2) is 6.02. The van der Waals surface area contributed by atoms with Gasteiger partial charge in [0, 0.05) is 4.90 Å². The molecule has 1 aliphatic rings. The highest BCUT2D eigenvalue weighted by Gasteiger charge is 2.58. The molecule has 0 aromatic heterocycles. The smallest absolute Gasteiger partial charge is 0.224 e. The van der Waals surface area contributed by atoms with Gasteiger partial charge in [0.1, 0.15) is 0 Å². The lowest BCUT2D eigenvalue weighted by Gasteiger charge is -2.58. The van der Waals surface area contributed by atoms with Crippen LogP contribution in [0.25, 0.3) is 0 Å². The fourth-order valence-corrected chi connectivity index (χ4v) is 7.11. The van der Waals surface area contributed by atoms with Gasteiger partial charge in [0.05, 0.1) is 17.4 Å². The topological polar surface area (TPSA) is 40.5 Å². The Hall–Kier alpha value is -0.783. The first kappa shape index (κ1) is 17.6. The summed E-state index contributed by atoms with van der Waals surface area (Å²) in [5.41, 5.74) is 0. The molecule has 1 amide bonds. The number of carbonyl (C=O) groups is 1. The third kappa shape index (κ3) is 2.99. The fourth-order valence-electron chi connectivity index (χ4n) is 2.65. The second-order valence-electron chi connectivity index (χ2n) is 7.61. The summed E-state index contributed by atoms with van der Waals surface area (Å²) in [6.45, 7) is 12.9. The van der Waals surface area contributed by atoms with Gasteiger partial charge in [-0.25, -0.2) is 0 Å². The molecule has 3 atom stereocenters. The molecule has 2 rings (SSSR count). The maximum Gasteiger partial charge on any atom is 0.224 e.